The lowest BCUT2D eigenvalue weighted by Gasteiger charge is -2.40. The minimum atomic E-state index is -1.35. The number of fused-ring (bicyclic) bond motifs is 3. The van der Waals surface area contributed by atoms with Crippen LogP contribution >= 0.6 is 23.2 Å². The number of pyridine rings is 1. The summed E-state index contributed by atoms with van der Waals surface area (Å²) >= 11 is 12.7. The third-order valence-corrected chi connectivity index (χ3v) is 10.0. The summed E-state index contributed by atoms with van der Waals surface area (Å²) in [5.41, 5.74) is 1.99. The van der Waals surface area contributed by atoms with Crippen LogP contribution < -0.4 is 15.4 Å². The molecule has 0 saturated carbocycles. The number of esters is 1. The van der Waals surface area contributed by atoms with Gasteiger partial charge in [-0.05, 0) is 79.4 Å². The summed E-state index contributed by atoms with van der Waals surface area (Å²) in [5.74, 6) is -0.873. The molecule has 3 aliphatic heterocycles. The van der Waals surface area contributed by atoms with Gasteiger partial charge in [-0.2, -0.15) is 0 Å². The van der Waals surface area contributed by atoms with Crippen molar-refractivity contribution in [3.8, 4) is 5.75 Å². The molecule has 4 heterocycles. The fourth-order valence-corrected chi connectivity index (χ4v) is 8.04. The average Bonchev–Trinajstić information content (AvgIpc) is 3.69. The molecule has 1 aromatic heterocycles. The molecule has 2 fully saturated rings. The summed E-state index contributed by atoms with van der Waals surface area (Å²) < 4.78 is 27.2. The highest BCUT2D eigenvalue weighted by molar-refractivity contribution is 6.31. The summed E-state index contributed by atoms with van der Waals surface area (Å²) in [4.78, 5) is 33.5. The number of carbonyl (C=O) groups excluding carboxylic acids is 2. The molecule has 5 atom stereocenters. The molecule has 0 aliphatic carbocycles. The molecule has 4 aromatic rings. The molecule has 3 aliphatic rings. The lowest BCUT2D eigenvalue weighted by Crippen LogP contribution is -2.52. The molecule has 7 rings (SSSR count). The van der Waals surface area contributed by atoms with Gasteiger partial charge in [0.05, 0.1) is 23.8 Å². The number of halogens is 3. The van der Waals surface area contributed by atoms with E-state index in [1.54, 1.807) is 37.3 Å². The molecule has 8 nitrogen and oxygen atoms in total. The Bertz CT molecular complexity index is 1860. The van der Waals surface area contributed by atoms with E-state index in [1.165, 1.54) is 6.07 Å². The first kappa shape index (κ1) is 31.6. The molecule has 2 saturated heterocycles. The van der Waals surface area contributed by atoms with Crippen LogP contribution in [0.15, 0.2) is 78.9 Å². The number of benzene rings is 3. The third kappa shape index (κ3) is 5.26. The number of likely N-dealkylation sites (tertiary alicyclic amines) is 1. The van der Waals surface area contributed by atoms with Crippen LogP contribution in [0.2, 0.25) is 10.2 Å². The molecule has 0 unspecified atom stereocenters. The minimum Gasteiger partial charge on any atom is -0.494 e. The second kappa shape index (κ2) is 12.5. The maximum absolute atomic E-state index is 16.2. The van der Waals surface area contributed by atoms with Gasteiger partial charge in [0.1, 0.15) is 28.1 Å². The van der Waals surface area contributed by atoms with E-state index in [4.69, 9.17) is 32.7 Å². The van der Waals surface area contributed by atoms with E-state index in [2.05, 4.69) is 20.5 Å². The van der Waals surface area contributed by atoms with Gasteiger partial charge >= 0.3 is 5.97 Å². The van der Waals surface area contributed by atoms with E-state index in [0.717, 1.165) is 16.9 Å². The Morgan fingerprint density at radius 1 is 1.04 bits per heavy atom. The number of hydrogen-bond acceptors (Lipinski definition) is 7. The molecule has 242 valence electrons. The van der Waals surface area contributed by atoms with Crippen molar-refractivity contribution in [3.05, 3.63) is 123 Å². The number of rotatable bonds is 8. The quantitative estimate of drug-likeness (QED) is 0.153. The van der Waals surface area contributed by atoms with Crippen molar-refractivity contribution in [1.82, 2.24) is 15.2 Å². The Hall–Kier alpha value is -4.02. The first-order valence-electron chi connectivity index (χ1n) is 15.7. The predicted molar refractivity (Wildman–Crippen MR) is 177 cm³/mol. The smallest absolute Gasteiger partial charge is 0.338 e. The van der Waals surface area contributed by atoms with Crippen LogP contribution in [0.3, 0.4) is 0 Å². The van der Waals surface area contributed by atoms with Crippen LogP contribution in [-0.4, -0.2) is 47.1 Å². The van der Waals surface area contributed by atoms with Crippen molar-refractivity contribution >= 4 is 40.9 Å². The molecule has 11 heteroatoms. The normalized spacial score (nSPS) is 24.7. The molecular formula is C36H33Cl2FN4O4. The van der Waals surface area contributed by atoms with Gasteiger partial charge in [-0.1, -0.05) is 59.6 Å². The number of aromatic nitrogens is 1. The zero-order chi connectivity index (χ0) is 32.9. The molecule has 2 N–H and O–H groups in total. The molecule has 1 spiro atoms. The van der Waals surface area contributed by atoms with E-state index in [-0.39, 0.29) is 40.2 Å². The van der Waals surface area contributed by atoms with Gasteiger partial charge in [-0.3, -0.25) is 9.69 Å². The Balaban J connectivity index is 1.38. The second-order valence-electron chi connectivity index (χ2n) is 12.0. The fraction of sp³-hybridized carbons (Fsp3) is 0.306. The van der Waals surface area contributed by atoms with Gasteiger partial charge in [0.15, 0.2) is 0 Å². The van der Waals surface area contributed by atoms with Crippen LogP contribution in [0.25, 0.3) is 0 Å². The number of nitrogens with one attached hydrogen (secondary N) is 2. The Labute approximate surface area is 282 Å². The van der Waals surface area contributed by atoms with E-state index in [0.29, 0.717) is 48.7 Å². The minimum absolute atomic E-state index is 0.0194. The standard InChI is InChI=1S/C36H33Cl2FN4O4/c1-3-46-23-8-5-7-20(17-23)19-43-28-18-27(21-11-13-22(14-12-21)34(44)47-4-2)40-32(28)30(24-9-6-10-26(37)31(24)39)36(43)25-15-16-29(38)41-33(25)42-35(36)45/h5-17,27-28,30,32,40H,3-4,18-19H2,1-2H3,(H,41,42,45)/t27-,28+,30+,32-,36-/m1/s1. The Morgan fingerprint density at radius 2 is 1.83 bits per heavy atom. The van der Waals surface area contributed by atoms with Crippen molar-refractivity contribution in [3.63, 3.8) is 0 Å². The number of carbonyl (C=O) groups is 2. The molecule has 0 bridgehead atoms. The lowest BCUT2D eigenvalue weighted by molar-refractivity contribution is -0.128. The van der Waals surface area contributed by atoms with Gasteiger partial charge < -0.3 is 20.1 Å². The summed E-state index contributed by atoms with van der Waals surface area (Å²) in [6.07, 6.45) is 0.610. The first-order valence-corrected chi connectivity index (χ1v) is 16.5. The maximum Gasteiger partial charge on any atom is 0.338 e. The summed E-state index contributed by atoms with van der Waals surface area (Å²) in [6, 6.07) is 22.8. The zero-order valence-electron chi connectivity index (χ0n) is 25.8. The van der Waals surface area contributed by atoms with Crippen molar-refractivity contribution in [2.75, 3.05) is 18.5 Å². The number of hydrogen-bond donors (Lipinski definition) is 2. The van der Waals surface area contributed by atoms with Crippen LogP contribution in [0.5, 0.6) is 5.75 Å². The summed E-state index contributed by atoms with van der Waals surface area (Å²) in [5, 5.41) is 6.99. The fourth-order valence-electron chi connectivity index (χ4n) is 7.71. The molecule has 3 aromatic carbocycles. The van der Waals surface area contributed by atoms with E-state index in [9.17, 15) is 9.59 Å². The highest BCUT2D eigenvalue weighted by Gasteiger charge is 2.69. The Morgan fingerprint density at radius 3 is 2.60 bits per heavy atom. The van der Waals surface area contributed by atoms with Gasteiger partial charge in [0, 0.05) is 36.2 Å². The molecule has 47 heavy (non-hydrogen) atoms. The van der Waals surface area contributed by atoms with E-state index >= 15 is 4.39 Å². The van der Waals surface area contributed by atoms with Gasteiger partial charge in [0.25, 0.3) is 5.91 Å². The predicted octanol–water partition coefficient (Wildman–Crippen LogP) is 7.02. The highest BCUT2D eigenvalue weighted by atomic mass is 35.5. The Kier molecular flexibility index (Phi) is 8.42. The first-order chi connectivity index (χ1) is 22.8. The van der Waals surface area contributed by atoms with Crippen LogP contribution in [0.1, 0.15) is 64.8 Å². The summed E-state index contributed by atoms with van der Waals surface area (Å²) in [7, 11) is 0. The van der Waals surface area contributed by atoms with Gasteiger partial charge in [0.2, 0.25) is 0 Å². The number of anilines is 1. The monoisotopic (exact) mass is 674 g/mol. The van der Waals surface area contributed by atoms with Crippen molar-refractivity contribution < 1.29 is 23.5 Å². The summed E-state index contributed by atoms with van der Waals surface area (Å²) in [6.45, 7) is 4.87. The third-order valence-electron chi connectivity index (χ3n) is 9.50. The van der Waals surface area contributed by atoms with Crippen LogP contribution in [0.4, 0.5) is 10.2 Å². The molecule has 0 radical (unpaired) electrons. The average molecular weight is 676 g/mol. The maximum atomic E-state index is 16.2. The molecular weight excluding hydrogens is 642 g/mol. The lowest BCUT2D eigenvalue weighted by atomic mass is 9.74. The van der Waals surface area contributed by atoms with E-state index < -0.39 is 17.3 Å². The van der Waals surface area contributed by atoms with Gasteiger partial charge in [-0.25, -0.2) is 14.2 Å². The van der Waals surface area contributed by atoms with Crippen molar-refractivity contribution in [2.24, 2.45) is 0 Å². The SMILES string of the molecule is CCOC(=O)c1ccc([C@H]2C[C@H]3[C@@H](N2)[C@H](c2cccc(Cl)c2F)[C@]2(C(=O)Nc4nc(Cl)ccc42)N3Cc2cccc(OCC)c2)cc1. The highest BCUT2D eigenvalue weighted by Crippen LogP contribution is 2.60. The largest absolute Gasteiger partial charge is 0.494 e. The van der Waals surface area contributed by atoms with E-state index in [1.807, 2.05) is 49.4 Å². The molecule has 1 amide bonds. The van der Waals surface area contributed by atoms with Crippen molar-refractivity contribution in [2.45, 2.75) is 56.4 Å². The van der Waals surface area contributed by atoms with Crippen LogP contribution in [0, 0.1) is 5.82 Å². The number of ether oxygens (including phenoxy) is 2. The van der Waals surface area contributed by atoms with Gasteiger partial charge in [-0.15, -0.1) is 0 Å². The number of nitrogens with zero attached hydrogens (tertiary/aromatic N) is 2. The topological polar surface area (TPSA) is 92.8 Å². The second-order valence-corrected chi connectivity index (χ2v) is 12.8. The zero-order valence-corrected chi connectivity index (χ0v) is 27.3. The number of amides is 1. The van der Waals surface area contributed by atoms with Crippen molar-refractivity contribution in [1.29, 1.82) is 0 Å². The van der Waals surface area contributed by atoms with Crippen LogP contribution in [-0.2, 0) is 21.6 Å².